The Morgan fingerprint density at radius 3 is 2.56 bits per heavy atom. The van der Waals surface area contributed by atoms with Gasteiger partial charge in [0.25, 0.3) is 5.91 Å². The second kappa shape index (κ2) is 9.36. The number of methoxy groups -OCH3 is 1. The number of nitrogens with one attached hydrogen (secondary N) is 1. The number of carbonyl (C=O) groups excluding carboxylic acids is 2. The van der Waals surface area contributed by atoms with E-state index in [4.69, 9.17) is 14.2 Å². The van der Waals surface area contributed by atoms with Crippen LogP contribution >= 0.6 is 15.9 Å². The molecular weight excluding hydrogens is 421 g/mol. The number of esters is 1. The van der Waals surface area contributed by atoms with Crippen molar-refractivity contribution in [1.82, 2.24) is 0 Å². The Kier molecular flexibility index (Phi) is 7.18. The molecule has 0 saturated heterocycles. The van der Waals surface area contributed by atoms with Gasteiger partial charge >= 0.3 is 5.97 Å². The SMILES string of the molecule is CCOc1ccc(C(=O)OC(C)C(=O)Nc2ccc(Br)cc2F)cc1OC. The van der Waals surface area contributed by atoms with Crippen molar-refractivity contribution in [3.8, 4) is 11.5 Å². The lowest BCUT2D eigenvalue weighted by Crippen LogP contribution is -2.30. The molecule has 0 fully saturated rings. The predicted molar refractivity (Wildman–Crippen MR) is 102 cm³/mol. The van der Waals surface area contributed by atoms with Crippen LogP contribution in [0.3, 0.4) is 0 Å². The quantitative estimate of drug-likeness (QED) is 0.654. The number of amides is 1. The standard InChI is InChI=1S/C19H19BrFNO5/c1-4-26-16-8-5-12(9-17(16)25-3)19(24)27-11(2)18(23)22-15-7-6-13(20)10-14(15)21/h5-11H,4H2,1-3H3,(H,22,23). The van der Waals surface area contributed by atoms with Gasteiger partial charge in [0.05, 0.1) is 25.0 Å². The summed E-state index contributed by atoms with van der Waals surface area (Å²) in [5.74, 6) is -1.10. The average Bonchev–Trinajstić information content (AvgIpc) is 2.64. The second-order valence-electron chi connectivity index (χ2n) is 5.46. The van der Waals surface area contributed by atoms with Crippen LogP contribution in [-0.2, 0) is 9.53 Å². The van der Waals surface area contributed by atoms with Crippen molar-refractivity contribution in [3.63, 3.8) is 0 Å². The molecule has 1 unspecified atom stereocenters. The molecule has 6 nitrogen and oxygen atoms in total. The smallest absolute Gasteiger partial charge is 0.339 e. The van der Waals surface area contributed by atoms with Gasteiger partial charge in [0.15, 0.2) is 17.6 Å². The predicted octanol–water partition coefficient (Wildman–Crippen LogP) is 4.18. The fraction of sp³-hybridized carbons (Fsp3) is 0.263. The van der Waals surface area contributed by atoms with E-state index in [9.17, 15) is 14.0 Å². The van der Waals surface area contributed by atoms with E-state index in [1.54, 1.807) is 12.1 Å². The largest absolute Gasteiger partial charge is 0.493 e. The van der Waals surface area contributed by atoms with Gasteiger partial charge in [-0.3, -0.25) is 4.79 Å². The highest BCUT2D eigenvalue weighted by Crippen LogP contribution is 2.28. The number of halogens is 2. The maximum absolute atomic E-state index is 13.8. The summed E-state index contributed by atoms with van der Waals surface area (Å²) in [5, 5.41) is 2.39. The van der Waals surface area contributed by atoms with Crippen LogP contribution < -0.4 is 14.8 Å². The van der Waals surface area contributed by atoms with Gasteiger partial charge in [-0.05, 0) is 50.2 Å². The molecule has 0 saturated carbocycles. The minimum Gasteiger partial charge on any atom is -0.493 e. The van der Waals surface area contributed by atoms with Gasteiger partial charge in [0.1, 0.15) is 5.82 Å². The molecule has 0 spiro atoms. The van der Waals surface area contributed by atoms with Crippen molar-refractivity contribution in [3.05, 3.63) is 52.3 Å². The summed E-state index contributed by atoms with van der Waals surface area (Å²) in [6.45, 7) is 3.68. The molecule has 1 amide bonds. The lowest BCUT2D eigenvalue weighted by molar-refractivity contribution is -0.123. The molecule has 0 aliphatic carbocycles. The summed E-state index contributed by atoms with van der Waals surface area (Å²) >= 11 is 3.14. The van der Waals surface area contributed by atoms with Gasteiger partial charge in [0, 0.05) is 4.47 Å². The second-order valence-corrected chi connectivity index (χ2v) is 6.38. The van der Waals surface area contributed by atoms with Crippen LogP contribution in [0.2, 0.25) is 0 Å². The molecule has 0 aliphatic heterocycles. The van der Waals surface area contributed by atoms with Gasteiger partial charge in [-0.15, -0.1) is 0 Å². The van der Waals surface area contributed by atoms with E-state index in [1.807, 2.05) is 6.92 Å². The van der Waals surface area contributed by atoms with Gasteiger partial charge in [-0.2, -0.15) is 0 Å². The molecule has 8 heteroatoms. The van der Waals surface area contributed by atoms with Crippen LogP contribution in [0.4, 0.5) is 10.1 Å². The zero-order valence-corrected chi connectivity index (χ0v) is 16.6. The number of benzene rings is 2. The molecule has 0 heterocycles. The number of hydrogen-bond acceptors (Lipinski definition) is 5. The molecule has 2 aromatic carbocycles. The fourth-order valence-electron chi connectivity index (χ4n) is 2.18. The van der Waals surface area contributed by atoms with Crippen molar-refractivity contribution >= 4 is 33.5 Å². The Morgan fingerprint density at radius 1 is 1.19 bits per heavy atom. The third-order valence-electron chi connectivity index (χ3n) is 3.54. The monoisotopic (exact) mass is 439 g/mol. The van der Waals surface area contributed by atoms with Gasteiger partial charge in [-0.1, -0.05) is 15.9 Å². The summed E-state index contributed by atoms with van der Waals surface area (Å²) in [6, 6.07) is 8.77. The molecule has 1 atom stereocenters. The lowest BCUT2D eigenvalue weighted by Gasteiger charge is -2.15. The topological polar surface area (TPSA) is 73.9 Å². The maximum Gasteiger partial charge on any atom is 0.339 e. The first-order chi connectivity index (χ1) is 12.8. The minimum atomic E-state index is -1.13. The molecular formula is C19H19BrFNO5. The van der Waals surface area contributed by atoms with Gasteiger partial charge < -0.3 is 19.5 Å². The maximum atomic E-state index is 13.8. The summed E-state index contributed by atoms with van der Waals surface area (Å²) in [5.41, 5.74) is 0.193. The zero-order chi connectivity index (χ0) is 20.0. The number of carbonyl (C=O) groups is 2. The number of rotatable bonds is 7. The van der Waals surface area contributed by atoms with Crippen molar-refractivity contribution in [2.75, 3.05) is 19.0 Å². The Labute approximate surface area is 164 Å². The minimum absolute atomic E-state index is 0.00571. The molecule has 0 radical (unpaired) electrons. The van der Waals surface area contributed by atoms with Crippen LogP contribution in [-0.4, -0.2) is 31.7 Å². The van der Waals surface area contributed by atoms with E-state index in [1.165, 1.54) is 38.3 Å². The van der Waals surface area contributed by atoms with E-state index in [0.29, 0.717) is 22.6 Å². The highest BCUT2D eigenvalue weighted by molar-refractivity contribution is 9.10. The van der Waals surface area contributed by atoms with E-state index in [-0.39, 0.29) is 11.3 Å². The molecule has 0 aliphatic rings. The number of hydrogen-bond donors (Lipinski definition) is 1. The zero-order valence-electron chi connectivity index (χ0n) is 15.0. The van der Waals surface area contributed by atoms with Gasteiger partial charge in [0.2, 0.25) is 0 Å². The van der Waals surface area contributed by atoms with Crippen LogP contribution in [0.15, 0.2) is 40.9 Å². The Balaban J connectivity index is 2.04. The van der Waals surface area contributed by atoms with Crippen LogP contribution in [0.25, 0.3) is 0 Å². The third-order valence-corrected chi connectivity index (χ3v) is 4.03. The van der Waals surface area contributed by atoms with E-state index in [2.05, 4.69) is 21.2 Å². The molecule has 144 valence electrons. The average molecular weight is 440 g/mol. The molecule has 0 aromatic heterocycles. The fourth-order valence-corrected chi connectivity index (χ4v) is 2.51. The molecule has 27 heavy (non-hydrogen) atoms. The highest BCUT2D eigenvalue weighted by atomic mass is 79.9. The normalized spacial score (nSPS) is 11.4. The molecule has 2 aromatic rings. The molecule has 0 bridgehead atoms. The summed E-state index contributed by atoms with van der Waals surface area (Å²) in [4.78, 5) is 24.4. The summed E-state index contributed by atoms with van der Waals surface area (Å²) in [6.07, 6.45) is -1.13. The van der Waals surface area contributed by atoms with Crippen molar-refractivity contribution in [1.29, 1.82) is 0 Å². The Bertz CT molecular complexity index is 843. The summed E-state index contributed by atoms with van der Waals surface area (Å²) < 4.78 is 30.1. The van der Waals surface area contributed by atoms with E-state index < -0.39 is 23.8 Å². The molecule has 1 N–H and O–H groups in total. The van der Waals surface area contributed by atoms with Crippen molar-refractivity contribution in [2.24, 2.45) is 0 Å². The van der Waals surface area contributed by atoms with Gasteiger partial charge in [-0.25, -0.2) is 9.18 Å². The van der Waals surface area contributed by atoms with E-state index >= 15 is 0 Å². The lowest BCUT2D eigenvalue weighted by atomic mass is 10.2. The first-order valence-electron chi connectivity index (χ1n) is 8.13. The van der Waals surface area contributed by atoms with Crippen LogP contribution in [0.5, 0.6) is 11.5 Å². The third kappa shape index (κ3) is 5.43. The first kappa shape index (κ1) is 20.7. The van der Waals surface area contributed by atoms with Crippen LogP contribution in [0, 0.1) is 5.82 Å². The van der Waals surface area contributed by atoms with E-state index in [0.717, 1.165) is 0 Å². The molecule has 2 rings (SSSR count). The Morgan fingerprint density at radius 2 is 1.93 bits per heavy atom. The highest BCUT2D eigenvalue weighted by Gasteiger charge is 2.21. The Hall–Kier alpha value is -2.61. The summed E-state index contributed by atoms with van der Waals surface area (Å²) in [7, 11) is 1.45. The first-order valence-corrected chi connectivity index (χ1v) is 8.92. The van der Waals surface area contributed by atoms with Crippen molar-refractivity contribution < 1.29 is 28.2 Å². The number of ether oxygens (including phenoxy) is 3. The van der Waals surface area contributed by atoms with Crippen molar-refractivity contribution in [2.45, 2.75) is 20.0 Å². The number of anilines is 1. The van der Waals surface area contributed by atoms with Crippen LogP contribution in [0.1, 0.15) is 24.2 Å².